The van der Waals surface area contributed by atoms with Crippen molar-refractivity contribution >= 4 is 0 Å². The fraction of sp³-hybridized carbons (Fsp3) is 0.467. The van der Waals surface area contributed by atoms with E-state index in [-0.39, 0.29) is 11.9 Å². The summed E-state index contributed by atoms with van der Waals surface area (Å²) in [6, 6.07) is 5.10. The number of nitrogens with two attached hydrogens (primary N) is 1. The molecule has 1 atom stereocenters. The highest BCUT2D eigenvalue weighted by molar-refractivity contribution is 5.26. The first-order valence-electron chi connectivity index (χ1n) is 6.51. The molecule has 0 heterocycles. The number of hydrogen-bond acceptors (Lipinski definition) is 2. The van der Waals surface area contributed by atoms with Gasteiger partial charge in [-0.2, -0.15) is 0 Å². The molecule has 0 aliphatic carbocycles. The Bertz CT molecular complexity index is 357. The standard InChI is InChI=1S/C15H23FN2/c1-3-4-5-6-7-8-15(18-17)13-9-12(2)10-14(16)11-13/h3,9-11,15,18H,1,4-8,17H2,2H3. The van der Waals surface area contributed by atoms with E-state index in [1.165, 1.54) is 6.07 Å². The van der Waals surface area contributed by atoms with Gasteiger partial charge in [0.2, 0.25) is 0 Å². The summed E-state index contributed by atoms with van der Waals surface area (Å²) in [5.74, 6) is 5.36. The zero-order valence-electron chi connectivity index (χ0n) is 11.1. The highest BCUT2D eigenvalue weighted by Gasteiger charge is 2.10. The van der Waals surface area contributed by atoms with E-state index in [2.05, 4.69) is 12.0 Å². The lowest BCUT2D eigenvalue weighted by molar-refractivity contribution is 0.481. The molecule has 0 fully saturated rings. The molecule has 0 amide bonds. The quantitative estimate of drug-likeness (QED) is 0.319. The summed E-state index contributed by atoms with van der Waals surface area (Å²) < 4.78 is 13.3. The van der Waals surface area contributed by atoms with Crippen LogP contribution in [0.5, 0.6) is 0 Å². The average Bonchev–Trinajstić information content (AvgIpc) is 2.32. The van der Waals surface area contributed by atoms with Crippen molar-refractivity contribution in [2.24, 2.45) is 5.84 Å². The number of benzene rings is 1. The van der Waals surface area contributed by atoms with Crippen molar-refractivity contribution in [3.8, 4) is 0 Å². The van der Waals surface area contributed by atoms with Crippen molar-refractivity contribution in [1.29, 1.82) is 0 Å². The topological polar surface area (TPSA) is 38.0 Å². The number of hydrogen-bond donors (Lipinski definition) is 2. The smallest absolute Gasteiger partial charge is 0.123 e. The second-order valence-electron chi connectivity index (χ2n) is 4.71. The van der Waals surface area contributed by atoms with Crippen molar-refractivity contribution in [3.05, 3.63) is 47.8 Å². The Morgan fingerprint density at radius 1 is 1.33 bits per heavy atom. The van der Waals surface area contributed by atoms with Gasteiger partial charge in [0.25, 0.3) is 0 Å². The number of unbranched alkanes of at least 4 members (excludes halogenated alkanes) is 3. The van der Waals surface area contributed by atoms with Gasteiger partial charge in [0, 0.05) is 6.04 Å². The Morgan fingerprint density at radius 2 is 2.11 bits per heavy atom. The van der Waals surface area contributed by atoms with Crippen LogP contribution in [0.15, 0.2) is 30.9 Å². The van der Waals surface area contributed by atoms with Crippen molar-refractivity contribution < 1.29 is 4.39 Å². The Hall–Kier alpha value is -1.19. The number of allylic oxidation sites excluding steroid dienone is 1. The summed E-state index contributed by atoms with van der Waals surface area (Å²) >= 11 is 0. The molecule has 1 unspecified atom stereocenters. The van der Waals surface area contributed by atoms with Crippen LogP contribution < -0.4 is 11.3 Å². The van der Waals surface area contributed by atoms with Crippen LogP contribution in [0.25, 0.3) is 0 Å². The maximum Gasteiger partial charge on any atom is 0.123 e. The number of rotatable bonds is 8. The molecule has 2 nitrogen and oxygen atoms in total. The highest BCUT2D eigenvalue weighted by Crippen LogP contribution is 2.21. The predicted octanol–water partition coefficient (Wildman–Crippen LogP) is 3.78. The van der Waals surface area contributed by atoms with Gasteiger partial charge in [0.15, 0.2) is 0 Å². The van der Waals surface area contributed by atoms with Gasteiger partial charge in [0.1, 0.15) is 5.82 Å². The molecule has 0 saturated carbocycles. The third-order valence-electron chi connectivity index (χ3n) is 3.07. The van der Waals surface area contributed by atoms with Crippen molar-refractivity contribution in [2.45, 2.75) is 45.1 Å². The minimum atomic E-state index is -0.197. The lowest BCUT2D eigenvalue weighted by Crippen LogP contribution is -2.28. The highest BCUT2D eigenvalue weighted by atomic mass is 19.1. The van der Waals surface area contributed by atoms with Crippen molar-refractivity contribution in [3.63, 3.8) is 0 Å². The molecule has 18 heavy (non-hydrogen) atoms. The second-order valence-corrected chi connectivity index (χ2v) is 4.71. The van der Waals surface area contributed by atoms with Crippen LogP contribution in [0, 0.1) is 12.7 Å². The molecule has 1 aromatic carbocycles. The molecule has 0 aromatic heterocycles. The zero-order chi connectivity index (χ0) is 13.4. The van der Waals surface area contributed by atoms with E-state index in [0.717, 1.165) is 43.2 Å². The maximum atomic E-state index is 13.3. The van der Waals surface area contributed by atoms with Crippen LogP contribution in [0.4, 0.5) is 4.39 Å². The van der Waals surface area contributed by atoms with Gasteiger partial charge in [-0.3, -0.25) is 11.3 Å². The first kappa shape index (κ1) is 14.9. The third-order valence-corrected chi connectivity index (χ3v) is 3.07. The average molecular weight is 250 g/mol. The summed E-state index contributed by atoms with van der Waals surface area (Å²) in [5, 5.41) is 0. The molecular weight excluding hydrogens is 227 g/mol. The molecule has 0 aliphatic rings. The lowest BCUT2D eigenvalue weighted by Gasteiger charge is -2.17. The molecule has 0 spiro atoms. The summed E-state index contributed by atoms with van der Waals surface area (Å²) in [5.41, 5.74) is 4.63. The second kappa shape index (κ2) is 8.01. The lowest BCUT2D eigenvalue weighted by atomic mass is 9.99. The Balaban J connectivity index is 2.51. The molecule has 3 N–H and O–H groups in total. The van der Waals surface area contributed by atoms with Crippen LogP contribution in [-0.4, -0.2) is 0 Å². The molecule has 1 rings (SSSR count). The van der Waals surface area contributed by atoms with Gasteiger partial charge in [-0.15, -0.1) is 6.58 Å². The number of halogens is 1. The third kappa shape index (κ3) is 4.98. The molecule has 100 valence electrons. The van der Waals surface area contributed by atoms with E-state index in [0.29, 0.717) is 0 Å². The summed E-state index contributed by atoms with van der Waals surface area (Å²) in [7, 11) is 0. The summed E-state index contributed by atoms with van der Waals surface area (Å²) in [6.07, 6.45) is 7.31. The van der Waals surface area contributed by atoms with Gasteiger partial charge < -0.3 is 0 Å². The van der Waals surface area contributed by atoms with Gasteiger partial charge in [-0.1, -0.05) is 25.0 Å². The van der Waals surface area contributed by atoms with Crippen LogP contribution >= 0.6 is 0 Å². The molecule has 0 saturated heterocycles. The van der Waals surface area contributed by atoms with Crippen molar-refractivity contribution in [2.75, 3.05) is 0 Å². The molecule has 0 bridgehead atoms. The van der Waals surface area contributed by atoms with E-state index in [9.17, 15) is 4.39 Å². The number of nitrogens with one attached hydrogen (secondary N) is 1. The molecular formula is C15H23FN2. The molecule has 0 aliphatic heterocycles. The fourth-order valence-electron chi connectivity index (χ4n) is 2.13. The molecule has 0 radical (unpaired) electrons. The van der Waals surface area contributed by atoms with Crippen LogP contribution in [0.3, 0.4) is 0 Å². The summed E-state index contributed by atoms with van der Waals surface area (Å²) in [4.78, 5) is 0. The number of hydrazine groups is 1. The fourth-order valence-corrected chi connectivity index (χ4v) is 2.13. The van der Waals surface area contributed by atoms with Gasteiger partial charge in [0.05, 0.1) is 0 Å². The zero-order valence-corrected chi connectivity index (χ0v) is 11.1. The minimum absolute atomic E-state index is 0.0307. The molecule has 1 aromatic rings. The van der Waals surface area contributed by atoms with Crippen LogP contribution in [0.2, 0.25) is 0 Å². The van der Waals surface area contributed by atoms with Gasteiger partial charge in [-0.05, 0) is 49.4 Å². The number of aryl methyl sites for hydroxylation is 1. The van der Waals surface area contributed by atoms with Crippen molar-refractivity contribution in [1.82, 2.24) is 5.43 Å². The normalized spacial score (nSPS) is 12.4. The first-order valence-corrected chi connectivity index (χ1v) is 6.51. The first-order chi connectivity index (χ1) is 8.67. The SMILES string of the molecule is C=CCCCCCC(NN)c1cc(C)cc(F)c1. The Labute approximate surface area is 109 Å². The van der Waals surface area contributed by atoms with Gasteiger partial charge in [-0.25, -0.2) is 4.39 Å². The van der Waals surface area contributed by atoms with Crippen LogP contribution in [0.1, 0.15) is 49.3 Å². The Kier molecular flexibility index (Phi) is 6.61. The largest absolute Gasteiger partial charge is 0.271 e. The van der Waals surface area contributed by atoms with E-state index in [4.69, 9.17) is 5.84 Å². The maximum absolute atomic E-state index is 13.3. The summed E-state index contributed by atoms with van der Waals surface area (Å²) in [6.45, 7) is 5.60. The van der Waals surface area contributed by atoms with E-state index in [1.54, 1.807) is 6.07 Å². The van der Waals surface area contributed by atoms with E-state index in [1.807, 2.05) is 19.1 Å². The van der Waals surface area contributed by atoms with Crippen LogP contribution in [-0.2, 0) is 0 Å². The minimum Gasteiger partial charge on any atom is -0.271 e. The van der Waals surface area contributed by atoms with E-state index >= 15 is 0 Å². The molecule has 3 heteroatoms. The van der Waals surface area contributed by atoms with Gasteiger partial charge >= 0.3 is 0 Å². The Morgan fingerprint density at radius 3 is 2.72 bits per heavy atom. The predicted molar refractivity (Wildman–Crippen MR) is 74.5 cm³/mol. The monoisotopic (exact) mass is 250 g/mol. The van der Waals surface area contributed by atoms with E-state index < -0.39 is 0 Å².